The number of hydrogen-bond donors (Lipinski definition) is 2. The zero-order valence-corrected chi connectivity index (χ0v) is 13.6. The topological polar surface area (TPSA) is 44.4 Å². The summed E-state index contributed by atoms with van der Waals surface area (Å²) < 4.78 is 0. The number of nitrogens with zero attached hydrogens (tertiary/aromatic N) is 1. The summed E-state index contributed by atoms with van der Waals surface area (Å²) in [6.45, 7) is 10.3. The third kappa shape index (κ3) is 6.71. The van der Waals surface area contributed by atoms with Crippen molar-refractivity contribution >= 4 is 5.91 Å². The molecule has 0 bridgehead atoms. The van der Waals surface area contributed by atoms with Crippen LogP contribution < -0.4 is 10.6 Å². The van der Waals surface area contributed by atoms with Crippen LogP contribution in [0, 0.1) is 0 Å². The fourth-order valence-electron chi connectivity index (χ4n) is 2.87. The highest BCUT2D eigenvalue weighted by Gasteiger charge is 2.17. The van der Waals surface area contributed by atoms with Crippen LogP contribution in [0.15, 0.2) is 0 Å². The highest BCUT2D eigenvalue weighted by atomic mass is 16.1. The van der Waals surface area contributed by atoms with Gasteiger partial charge in [-0.2, -0.15) is 0 Å². The first-order chi connectivity index (χ1) is 9.67. The molecular weight excluding hydrogens is 250 g/mol. The lowest BCUT2D eigenvalue weighted by molar-refractivity contribution is -0.121. The van der Waals surface area contributed by atoms with Gasteiger partial charge in [-0.25, -0.2) is 0 Å². The van der Waals surface area contributed by atoms with Crippen LogP contribution in [0.4, 0.5) is 0 Å². The van der Waals surface area contributed by atoms with E-state index in [0.717, 1.165) is 38.4 Å². The van der Waals surface area contributed by atoms with Crippen molar-refractivity contribution in [3.63, 3.8) is 0 Å². The molecule has 1 atom stereocenters. The van der Waals surface area contributed by atoms with Gasteiger partial charge in [-0.05, 0) is 58.7 Å². The lowest BCUT2D eigenvalue weighted by Crippen LogP contribution is -2.41. The lowest BCUT2D eigenvalue weighted by atomic mass is 10.0. The average Bonchev–Trinajstić information content (AvgIpc) is 2.46. The first kappa shape index (κ1) is 17.4. The van der Waals surface area contributed by atoms with Crippen molar-refractivity contribution in [2.24, 2.45) is 0 Å². The second-order valence-corrected chi connectivity index (χ2v) is 5.99. The van der Waals surface area contributed by atoms with Crippen molar-refractivity contribution in [1.29, 1.82) is 0 Å². The molecule has 0 aromatic carbocycles. The summed E-state index contributed by atoms with van der Waals surface area (Å²) in [5, 5.41) is 6.31. The van der Waals surface area contributed by atoms with Gasteiger partial charge in [0.25, 0.3) is 0 Å². The minimum Gasteiger partial charge on any atom is -0.352 e. The van der Waals surface area contributed by atoms with E-state index in [0.29, 0.717) is 12.6 Å². The van der Waals surface area contributed by atoms with E-state index >= 15 is 0 Å². The number of likely N-dealkylation sites (tertiary alicyclic amines) is 1. The Morgan fingerprint density at radius 1 is 1.30 bits per heavy atom. The van der Waals surface area contributed by atoms with Crippen LogP contribution >= 0.6 is 0 Å². The highest BCUT2D eigenvalue weighted by molar-refractivity contribution is 5.78. The number of rotatable bonds is 9. The molecule has 1 unspecified atom stereocenters. The average molecular weight is 283 g/mol. The minimum atomic E-state index is 0.130. The van der Waals surface area contributed by atoms with E-state index < -0.39 is 0 Å². The summed E-state index contributed by atoms with van der Waals surface area (Å²) in [5.41, 5.74) is 0. The fraction of sp³-hybridized carbons (Fsp3) is 0.938. The van der Waals surface area contributed by atoms with Crippen LogP contribution in [0.25, 0.3) is 0 Å². The first-order valence-corrected chi connectivity index (χ1v) is 8.41. The molecule has 4 heteroatoms. The van der Waals surface area contributed by atoms with Crippen LogP contribution in [0.1, 0.15) is 59.3 Å². The standard InChI is InChI=1S/C16H33N3O/c1-4-15(5-2)18-16(20)13-17-10-8-12-19-11-7-6-9-14(19)3/h14-15,17H,4-13H2,1-3H3,(H,18,20). The summed E-state index contributed by atoms with van der Waals surface area (Å²) in [7, 11) is 0. The number of hydrogen-bond acceptors (Lipinski definition) is 3. The van der Waals surface area contributed by atoms with Gasteiger partial charge >= 0.3 is 0 Å². The normalized spacial score (nSPS) is 20.3. The van der Waals surface area contributed by atoms with E-state index in [1.54, 1.807) is 0 Å². The van der Waals surface area contributed by atoms with E-state index in [9.17, 15) is 4.79 Å². The Kier molecular flexibility index (Phi) is 8.86. The molecule has 20 heavy (non-hydrogen) atoms. The second kappa shape index (κ2) is 10.2. The molecule has 118 valence electrons. The number of piperidine rings is 1. The van der Waals surface area contributed by atoms with Crippen LogP contribution in [0.5, 0.6) is 0 Å². The quantitative estimate of drug-likeness (QED) is 0.637. The van der Waals surface area contributed by atoms with Crippen molar-refractivity contribution < 1.29 is 4.79 Å². The van der Waals surface area contributed by atoms with Crippen molar-refractivity contribution in [3.05, 3.63) is 0 Å². The van der Waals surface area contributed by atoms with Gasteiger partial charge < -0.3 is 15.5 Å². The Morgan fingerprint density at radius 3 is 2.70 bits per heavy atom. The smallest absolute Gasteiger partial charge is 0.234 e. The maximum atomic E-state index is 11.7. The molecule has 1 aliphatic rings. The Hall–Kier alpha value is -0.610. The molecule has 0 radical (unpaired) electrons. The minimum absolute atomic E-state index is 0.130. The summed E-state index contributed by atoms with van der Waals surface area (Å²) in [6, 6.07) is 1.07. The predicted molar refractivity (Wildman–Crippen MR) is 84.9 cm³/mol. The van der Waals surface area contributed by atoms with Gasteiger partial charge in [0.2, 0.25) is 5.91 Å². The zero-order valence-electron chi connectivity index (χ0n) is 13.6. The van der Waals surface area contributed by atoms with E-state index in [1.165, 1.54) is 25.8 Å². The fourth-order valence-corrected chi connectivity index (χ4v) is 2.87. The SMILES string of the molecule is CCC(CC)NC(=O)CNCCCN1CCCCC1C. The number of carbonyl (C=O) groups excluding carboxylic acids is 1. The van der Waals surface area contributed by atoms with Crippen molar-refractivity contribution in [1.82, 2.24) is 15.5 Å². The van der Waals surface area contributed by atoms with Gasteiger partial charge in [0, 0.05) is 12.1 Å². The zero-order chi connectivity index (χ0) is 14.8. The van der Waals surface area contributed by atoms with Crippen molar-refractivity contribution in [3.8, 4) is 0 Å². The highest BCUT2D eigenvalue weighted by Crippen LogP contribution is 2.15. The van der Waals surface area contributed by atoms with Crippen molar-refractivity contribution in [2.45, 2.75) is 71.4 Å². The molecule has 0 spiro atoms. The number of carbonyl (C=O) groups is 1. The maximum Gasteiger partial charge on any atom is 0.234 e. The molecule has 0 aromatic heterocycles. The predicted octanol–water partition coefficient (Wildman–Crippen LogP) is 2.15. The maximum absolute atomic E-state index is 11.7. The van der Waals surface area contributed by atoms with Crippen LogP contribution in [0.3, 0.4) is 0 Å². The molecule has 1 rings (SSSR count). The third-order valence-electron chi connectivity index (χ3n) is 4.38. The Balaban J connectivity index is 2.02. The second-order valence-electron chi connectivity index (χ2n) is 5.99. The summed E-state index contributed by atoms with van der Waals surface area (Å²) in [5.74, 6) is 0.130. The summed E-state index contributed by atoms with van der Waals surface area (Å²) in [6.07, 6.45) is 7.21. The number of amides is 1. The van der Waals surface area contributed by atoms with Gasteiger partial charge in [0.15, 0.2) is 0 Å². The Bertz CT molecular complexity index is 266. The van der Waals surface area contributed by atoms with Gasteiger partial charge in [0.1, 0.15) is 0 Å². The molecule has 0 saturated carbocycles. The molecule has 0 aliphatic carbocycles. The summed E-state index contributed by atoms with van der Waals surface area (Å²) in [4.78, 5) is 14.3. The van der Waals surface area contributed by atoms with E-state index in [2.05, 4.69) is 36.3 Å². The van der Waals surface area contributed by atoms with Gasteiger partial charge in [-0.3, -0.25) is 4.79 Å². The summed E-state index contributed by atoms with van der Waals surface area (Å²) >= 11 is 0. The first-order valence-electron chi connectivity index (χ1n) is 8.41. The van der Waals surface area contributed by atoms with E-state index in [1.807, 2.05) is 0 Å². The van der Waals surface area contributed by atoms with E-state index in [4.69, 9.17) is 0 Å². The Labute approximate surface area is 124 Å². The lowest BCUT2D eigenvalue weighted by Gasteiger charge is -2.33. The van der Waals surface area contributed by atoms with Gasteiger partial charge in [0.05, 0.1) is 6.54 Å². The molecule has 1 amide bonds. The molecule has 1 fully saturated rings. The molecule has 0 aromatic rings. The largest absolute Gasteiger partial charge is 0.352 e. The van der Waals surface area contributed by atoms with Crippen LogP contribution in [-0.4, -0.2) is 49.1 Å². The van der Waals surface area contributed by atoms with Crippen LogP contribution in [-0.2, 0) is 4.79 Å². The molecule has 1 aliphatic heterocycles. The molecular formula is C16H33N3O. The van der Waals surface area contributed by atoms with Crippen LogP contribution in [0.2, 0.25) is 0 Å². The third-order valence-corrected chi connectivity index (χ3v) is 4.38. The van der Waals surface area contributed by atoms with Gasteiger partial charge in [-0.1, -0.05) is 20.3 Å². The van der Waals surface area contributed by atoms with Gasteiger partial charge in [-0.15, -0.1) is 0 Å². The molecule has 1 saturated heterocycles. The monoisotopic (exact) mass is 283 g/mol. The molecule has 4 nitrogen and oxygen atoms in total. The van der Waals surface area contributed by atoms with Crippen molar-refractivity contribution in [2.75, 3.05) is 26.2 Å². The number of nitrogens with one attached hydrogen (secondary N) is 2. The Morgan fingerprint density at radius 2 is 2.05 bits per heavy atom. The van der Waals surface area contributed by atoms with E-state index in [-0.39, 0.29) is 5.91 Å². The molecule has 2 N–H and O–H groups in total. The molecule has 1 heterocycles.